The zero-order valence-corrected chi connectivity index (χ0v) is 23.6. The van der Waals surface area contributed by atoms with Gasteiger partial charge < -0.3 is 15.5 Å². The van der Waals surface area contributed by atoms with E-state index in [0.717, 1.165) is 68.8 Å². The molecular weight excluding hydrogens is 530 g/mol. The van der Waals surface area contributed by atoms with Crippen molar-refractivity contribution in [2.24, 2.45) is 0 Å². The van der Waals surface area contributed by atoms with Crippen molar-refractivity contribution in [3.63, 3.8) is 0 Å². The van der Waals surface area contributed by atoms with E-state index in [0.29, 0.717) is 28.9 Å². The molecule has 3 aliphatic heterocycles. The highest BCUT2D eigenvalue weighted by Crippen LogP contribution is 2.39. The number of rotatable bonds is 10. The number of amides is 2. The minimum Gasteiger partial charge on any atom is -0.354 e. The highest BCUT2D eigenvalue weighted by molar-refractivity contribution is 6.37. The van der Waals surface area contributed by atoms with Crippen LogP contribution in [0.4, 0.5) is 17.1 Å². The topological polar surface area (TPSA) is 108 Å². The molecule has 0 spiro atoms. The van der Waals surface area contributed by atoms with Crippen LogP contribution in [-0.4, -0.2) is 52.7 Å². The van der Waals surface area contributed by atoms with Crippen molar-refractivity contribution in [1.29, 1.82) is 0 Å². The lowest BCUT2D eigenvalue weighted by molar-refractivity contribution is -0.384. The molecule has 3 heterocycles. The Morgan fingerprint density at radius 1 is 0.905 bits per heavy atom. The average molecular weight is 566 g/mol. The van der Waals surface area contributed by atoms with Gasteiger partial charge in [-0.2, -0.15) is 0 Å². The largest absolute Gasteiger partial charge is 0.354 e. The van der Waals surface area contributed by atoms with Gasteiger partial charge in [0.2, 0.25) is 5.91 Å². The molecule has 0 aliphatic carbocycles. The van der Waals surface area contributed by atoms with Gasteiger partial charge >= 0.3 is 0 Å². The quantitative estimate of drug-likeness (QED) is 0.186. The monoisotopic (exact) mass is 565 g/mol. The van der Waals surface area contributed by atoms with Crippen LogP contribution in [0.1, 0.15) is 54.4 Å². The standard InChI is InChI=1S/C33H35N5O4/c39-30-6-4-20-37(30)19-3-5-23-7-11-25(12-8-23)32(31-28-21-27(38(41)42)15-16-29(28)35-33(31)40)34-26-13-9-24(10-14-26)22-36-17-1-2-18-36/h7-16,21,34H,1-6,17-20,22H2,(H,35,40)/b32-31-. The summed E-state index contributed by atoms with van der Waals surface area (Å²) < 4.78 is 0. The number of hydrogen-bond acceptors (Lipinski definition) is 6. The summed E-state index contributed by atoms with van der Waals surface area (Å²) >= 11 is 0. The van der Waals surface area contributed by atoms with Crippen molar-refractivity contribution in [1.82, 2.24) is 9.80 Å². The molecule has 2 fully saturated rings. The van der Waals surface area contributed by atoms with Crippen LogP contribution in [0.5, 0.6) is 0 Å². The molecule has 3 aromatic rings. The number of benzene rings is 3. The summed E-state index contributed by atoms with van der Waals surface area (Å²) in [4.78, 5) is 40.7. The molecule has 42 heavy (non-hydrogen) atoms. The fourth-order valence-corrected chi connectivity index (χ4v) is 6.09. The molecule has 216 valence electrons. The molecular formula is C33H35N5O4. The molecule has 2 N–H and O–H groups in total. The van der Waals surface area contributed by atoms with Gasteiger partial charge in [-0.1, -0.05) is 36.4 Å². The maximum Gasteiger partial charge on any atom is 0.270 e. The van der Waals surface area contributed by atoms with Crippen molar-refractivity contribution < 1.29 is 14.5 Å². The van der Waals surface area contributed by atoms with Crippen LogP contribution >= 0.6 is 0 Å². The zero-order chi connectivity index (χ0) is 29.1. The molecule has 3 aliphatic rings. The molecule has 0 bridgehead atoms. The number of anilines is 2. The normalized spacial score (nSPS) is 17.9. The van der Waals surface area contributed by atoms with Crippen LogP contribution in [0.3, 0.4) is 0 Å². The van der Waals surface area contributed by atoms with E-state index >= 15 is 0 Å². The van der Waals surface area contributed by atoms with Crippen LogP contribution in [0, 0.1) is 10.1 Å². The second-order valence-electron chi connectivity index (χ2n) is 11.3. The van der Waals surface area contributed by atoms with E-state index in [-0.39, 0.29) is 17.5 Å². The Balaban J connectivity index is 1.28. The van der Waals surface area contributed by atoms with Crippen LogP contribution in [0.15, 0.2) is 66.7 Å². The third-order valence-corrected chi connectivity index (χ3v) is 8.34. The molecule has 0 unspecified atom stereocenters. The molecule has 2 saturated heterocycles. The van der Waals surface area contributed by atoms with Crippen LogP contribution in [0.2, 0.25) is 0 Å². The fourth-order valence-electron chi connectivity index (χ4n) is 6.09. The molecule has 0 saturated carbocycles. The molecule has 0 aromatic heterocycles. The minimum absolute atomic E-state index is 0.0693. The van der Waals surface area contributed by atoms with E-state index in [9.17, 15) is 19.7 Å². The first-order chi connectivity index (χ1) is 20.4. The lowest BCUT2D eigenvalue weighted by atomic mass is 9.98. The molecule has 9 heteroatoms. The third-order valence-electron chi connectivity index (χ3n) is 8.34. The summed E-state index contributed by atoms with van der Waals surface area (Å²) in [5.41, 5.74) is 5.95. The van der Waals surface area contributed by atoms with Crippen molar-refractivity contribution in [3.8, 4) is 0 Å². The number of likely N-dealkylation sites (tertiary alicyclic amines) is 2. The van der Waals surface area contributed by atoms with Crippen molar-refractivity contribution in [3.05, 3.63) is 99.1 Å². The number of nitro benzene ring substituents is 1. The van der Waals surface area contributed by atoms with E-state index in [4.69, 9.17) is 0 Å². The van der Waals surface area contributed by atoms with Crippen molar-refractivity contribution in [2.45, 2.75) is 45.1 Å². The molecule has 9 nitrogen and oxygen atoms in total. The lowest BCUT2D eigenvalue weighted by Gasteiger charge is -2.17. The van der Waals surface area contributed by atoms with E-state index < -0.39 is 4.92 Å². The third kappa shape index (κ3) is 6.06. The Kier molecular flexibility index (Phi) is 8.01. The molecule has 6 rings (SSSR count). The predicted octanol–water partition coefficient (Wildman–Crippen LogP) is 5.68. The van der Waals surface area contributed by atoms with E-state index in [1.807, 2.05) is 41.3 Å². The highest BCUT2D eigenvalue weighted by atomic mass is 16.6. The minimum atomic E-state index is -0.447. The van der Waals surface area contributed by atoms with Crippen LogP contribution in [0.25, 0.3) is 11.3 Å². The number of aryl methyl sites for hydroxylation is 1. The van der Waals surface area contributed by atoms with Crippen molar-refractivity contribution in [2.75, 3.05) is 36.8 Å². The first-order valence-corrected chi connectivity index (χ1v) is 14.7. The predicted molar refractivity (Wildman–Crippen MR) is 164 cm³/mol. The Morgan fingerprint density at radius 3 is 2.33 bits per heavy atom. The summed E-state index contributed by atoms with van der Waals surface area (Å²) in [5, 5.41) is 17.9. The van der Waals surface area contributed by atoms with E-state index in [2.05, 4.69) is 27.7 Å². The summed E-state index contributed by atoms with van der Waals surface area (Å²) in [6.07, 6.45) is 5.82. The number of carbonyl (C=O) groups is 2. The first-order valence-electron chi connectivity index (χ1n) is 14.7. The maximum absolute atomic E-state index is 13.3. The van der Waals surface area contributed by atoms with Gasteiger partial charge in [0, 0.05) is 55.1 Å². The second kappa shape index (κ2) is 12.2. The molecule has 2 amide bonds. The number of nitro groups is 1. The average Bonchev–Trinajstić information content (AvgIpc) is 3.73. The fraction of sp³-hybridized carbons (Fsp3) is 0.333. The van der Waals surface area contributed by atoms with Gasteiger partial charge in [-0.3, -0.25) is 24.6 Å². The Hall–Kier alpha value is -4.50. The van der Waals surface area contributed by atoms with Gasteiger partial charge in [-0.25, -0.2) is 0 Å². The Bertz CT molecular complexity index is 1520. The van der Waals surface area contributed by atoms with Gasteiger partial charge in [-0.05, 0) is 80.1 Å². The van der Waals surface area contributed by atoms with E-state index in [1.165, 1.54) is 30.5 Å². The molecule has 3 aromatic carbocycles. The number of hydrogen-bond donors (Lipinski definition) is 2. The second-order valence-corrected chi connectivity index (χ2v) is 11.3. The summed E-state index contributed by atoms with van der Waals surface area (Å²) in [7, 11) is 0. The summed E-state index contributed by atoms with van der Waals surface area (Å²) in [6, 6.07) is 20.7. The highest BCUT2D eigenvalue weighted by Gasteiger charge is 2.30. The van der Waals surface area contributed by atoms with Gasteiger partial charge in [-0.15, -0.1) is 0 Å². The Morgan fingerprint density at radius 2 is 1.64 bits per heavy atom. The lowest BCUT2D eigenvalue weighted by Crippen LogP contribution is -2.25. The van der Waals surface area contributed by atoms with Gasteiger partial charge in [0.05, 0.1) is 16.2 Å². The number of nitrogens with one attached hydrogen (secondary N) is 2. The van der Waals surface area contributed by atoms with Crippen molar-refractivity contribution >= 4 is 40.1 Å². The Labute approximate surface area is 245 Å². The number of carbonyl (C=O) groups excluding carboxylic acids is 2. The van der Waals surface area contributed by atoms with Gasteiger partial charge in [0.25, 0.3) is 11.6 Å². The van der Waals surface area contributed by atoms with Gasteiger partial charge in [0.1, 0.15) is 0 Å². The SMILES string of the molecule is O=C1Nc2ccc([N+](=O)[O-])cc2/C1=C(/Nc1ccc(CN2CCCC2)cc1)c1ccc(CCCN2CCCC2=O)cc1. The number of fused-ring (bicyclic) bond motifs is 1. The number of nitrogens with zero attached hydrogens (tertiary/aromatic N) is 3. The number of non-ortho nitro benzene ring substituents is 1. The maximum atomic E-state index is 13.3. The smallest absolute Gasteiger partial charge is 0.270 e. The molecule has 0 radical (unpaired) electrons. The van der Waals surface area contributed by atoms with E-state index in [1.54, 1.807) is 6.07 Å². The van der Waals surface area contributed by atoms with Gasteiger partial charge in [0.15, 0.2) is 0 Å². The summed E-state index contributed by atoms with van der Waals surface area (Å²) in [6.45, 7) is 4.79. The van der Waals surface area contributed by atoms with Crippen LogP contribution in [-0.2, 0) is 22.6 Å². The zero-order valence-electron chi connectivity index (χ0n) is 23.6. The first kappa shape index (κ1) is 27.7. The molecule has 0 atom stereocenters. The summed E-state index contributed by atoms with van der Waals surface area (Å²) in [5.74, 6) is -0.0647. The van der Waals surface area contributed by atoms with Crippen LogP contribution < -0.4 is 10.6 Å².